The van der Waals surface area contributed by atoms with Crippen molar-refractivity contribution < 1.29 is 33.4 Å². The van der Waals surface area contributed by atoms with Crippen LogP contribution in [-0.4, -0.2) is 60.4 Å². The molecule has 0 aromatic heterocycles. The van der Waals surface area contributed by atoms with Crippen molar-refractivity contribution in [3.63, 3.8) is 0 Å². The zero-order chi connectivity index (χ0) is 29.7. The summed E-state index contributed by atoms with van der Waals surface area (Å²) < 4.78 is 16.2. The van der Waals surface area contributed by atoms with Crippen LogP contribution in [0, 0.1) is 12.8 Å². The predicted molar refractivity (Wildman–Crippen MR) is 148 cm³/mol. The molecule has 2 rings (SSSR count). The number of nitrogens with one attached hydrogen (secondary N) is 4. The van der Waals surface area contributed by atoms with Gasteiger partial charge in [-0.25, -0.2) is 14.5 Å². The Balaban J connectivity index is 2.02. The predicted octanol–water partition coefficient (Wildman–Crippen LogP) is 3.00. The summed E-state index contributed by atoms with van der Waals surface area (Å²) in [6.07, 6.45) is 5.20. The molecule has 1 aliphatic rings. The maximum absolute atomic E-state index is 12.9. The van der Waals surface area contributed by atoms with Crippen LogP contribution in [0.15, 0.2) is 48.2 Å². The third-order valence-electron chi connectivity index (χ3n) is 5.94. The van der Waals surface area contributed by atoms with Crippen molar-refractivity contribution in [1.82, 2.24) is 26.6 Å². The van der Waals surface area contributed by atoms with Crippen molar-refractivity contribution in [3.8, 4) is 0 Å². The molecule has 0 heterocycles. The van der Waals surface area contributed by atoms with Crippen LogP contribution in [-0.2, 0) is 30.3 Å². The minimum Gasteiger partial charge on any atom is -0.466 e. The lowest BCUT2D eigenvalue weighted by Crippen LogP contribution is -2.55. The van der Waals surface area contributed by atoms with Gasteiger partial charge in [0.1, 0.15) is 6.61 Å². The Morgan fingerprint density at radius 1 is 1.07 bits per heavy atom. The molecule has 2 unspecified atom stereocenters. The number of benzene rings is 1. The highest BCUT2D eigenvalue weighted by atomic mass is 16.5. The molecular weight excluding hydrogens is 518 g/mol. The molecule has 40 heavy (non-hydrogen) atoms. The highest BCUT2D eigenvalue weighted by molar-refractivity contribution is 5.93. The molecule has 12 heteroatoms. The summed E-state index contributed by atoms with van der Waals surface area (Å²) in [5.74, 6) is -1.24. The van der Waals surface area contributed by atoms with Gasteiger partial charge in [0, 0.05) is 31.6 Å². The molecule has 0 saturated carbocycles. The molecule has 1 aromatic rings. The number of aryl methyl sites for hydroxylation is 1. The number of allylic oxidation sites excluding steroid dienone is 1. The molecule has 4 amide bonds. The van der Waals surface area contributed by atoms with Gasteiger partial charge in [-0.2, -0.15) is 0 Å². The number of amides is 4. The van der Waals surface area contributed by atoms with E-state index in [0.717, 1.165) is 16.0 Å². The monoisotopic (exact) mass is 559 g/mol. The van der Waals surface area contributed by atoms with Gasteiger partial charge in [0.2, 0.25) is 0 Å². The minimum absolute atomic E-state index is 0.0625. The second-order valence-corrected chi connectivity index (χ2v) is 9.75. The first-order chi connectivity index (χ1) is 18.9. The summed E-state index contributed by atoms with van der Waals surface area (Å²) in [4.78, 5) is 49.9. The van der Waals surface area contributed by atoms with Gasteiger partial charge < -0.3 is 25.0 Å². The van der Waals surface area contributed by atoms with Crippen molar-refractivity contribution in [2.45, 2.75) is 66.2 Å². The second-order valence-electron chi connectivity index (χ2n) is 9.75. The molecule has 1 aromatic carbocycles. The van der Waals surface area contributed by atoms with Crippen LogP contribution in [0.3, 0.4) is 0 Å². The fourth-order valence-corrected chi connectivity index (χ4v) is 3.89. The number of imide groups is 1. The van der Waals surface area contributed by atoms with Crippen LogP contribution in [0.2, 0.25) is 0 Å². The zero-order valence-electron chi connectivity index (χ0n) is 24.0. The third kappa shape index (κ3) is 10.7. The number of nitrogens with zero attached hydrogens (tertiary/aromatic N) is 1. The van der Waals surface area contributed by atoms with E-state index in [9.17, 15) is 19.2 Å². The number of carbonyl (C=O) groups excluding carboxylic acids is 4. The summed E-state index contributed by atoms with van der Waals surface area (Å²) in [6, 6.07) is 6.13. The van der Waals surface area contributed by atoms with E-state index < -0.39 is 29.6 Å². The first-order valence-electron chi connectivity index (χ1n) is 13.2. The van der Waals surface area contributed by atoms with Crippen molar-refractivity contribution in [2.75, 3.05) is 19.8 Å². The van der Waals surface area contributed by atoms with Crippen molar-refractivity contribution in [1.29, 1.82) is 0 Å². The summed E-state index contributed by atoms with van der Waals surface area (Å²) in [5, 5.41) is 2.70. The normalized spacial score (nSPS) is 18.0. The molecular formula is C28H41N5O7. The first kappa shape index (κ1) is 32.3. The van der Waals surface area contributed by atoms with Crippen LogP contribution in [0.4, 0.5) is 9.59 Å². The van der Waals surface area contributed by atoms with Crippen molar-refractivity contribution in [3.05, 3.63) is 59.3 Å². The first-order valence-corrected chi connectivity index (χ1v) is 13.2. The number of rotatable bonds is 13. The molecule has 0 bridgehead atoms. The lowest BCUT2D eigenvalue weighted by molar-refractivity contribution is -0.146. The van der Waals surface area contributed by atoms with Gasteiger partial charge in [-0.1, -0.05) is 42.0 Å². The van der Waals surface area contributed by atoms with E-state index in [-0.39, 0.29) is 44.7 Å². The lowest BCUT2D eigenvalue weighted by atomic mass is 9.84. The van der Waals surface area contributed by atoms with Crippen molar-refractivity contribution >= 4 is 24.0 Å². The van der Waals surface area contributed by atoms with E-state index in [0.29, 0.717) is 5.70 Å². The van der Waals surface area contributed by atoms with Crippen LogP contribution in [0.25, 0.3) is 0 Å². The molecule has 12 nitrogen and oxygen atoms in total. The summed E-state index contributed by atoms with van der Waals surface area (Å²) >= 11 is 0. The van der Waals surface area contributed by atoms with Gasteiger partial charge in [-0.15, -0.1) is 5.53 Å². The van der Waals surface area contributed by atoms with E-state index in [2.05, 4.69) is 21.7 Å². The lowest BCUT2D eigenvalue weighted by Gasteiger charge is -2.37. The third-order valence-corrected chi connectivity index (χ3v) is 5.94. The minimum atomic E-state index is -0.789. The summed E-state index contributed by atoms with van der Waals surface area (Å²) in [7, 11) is 0. The zero-order valence-corrected chi connectivity index (χ0v) is 24.0. The Kier molecular flexibility index (Phi) is 12.6. The quantitative estimate of drug-likeness (QED) is 0.211. The average molecular weight is 560 g/mol. The van der Waals surface area contributed by atoms with Gasteiger partial charge in [-0.05, 0) is 46.3 Å². The van der Waals surface area contributed by atoms with Gasteiger partial charge in [-0.3, -0.25) is 15.0 Å². The molecule has 4 N–H and O–H groups in total. The van der Waals surface area contributed by atoms with Gasteiger partial charge >= 0.3 is 24.0 Å². The number of hydrogen-bond acceptors (Lipinski definition) is 9. The van der Waals surface area contributed by atoms with E-state index in [1.54, 1.807) is 13.0 Å². The number of urea groups is 2. The molecule has 1 aliphatic carbocycles. The number of ether oxygens (including phenoxy) is 3. The number of esters is 2. The highest BCUT2D eigenvalue weighted by Gasteiger charge is 2.36. The molecule has 0 fully saturated rings. The summed E-state index contributed by atoms with van der Waals surface area (Å²) in [6.45, 7) is 11.0. The molecule has 0 radical (unpaired) electrons. The highest BCUT2D eigenvalue weighted by Crippen LogP contribution is 2.31. The smallest absolute Gasteiger partial charge is 0.341 e. The Hall–Kier alpha value is -3.90. The fraction of sp³-hybridized carbons (Fsp3) is 0.500. The van der Waals surface area contributed by atoms with E-state index >= 15 is 0 Å². The van der Waals surface area contributed by atoms with Crippen molar-refractivity contribution in [2.24, 2.45) is 5.92 Å². The van der Waals surface area contributed by atoms with Crippen LogP contribution >= 0.6 is 0 Å². The average Bonchev–Trinajstić information content (AvgIpc) is 2.88. The fourth-order valence-electron chi connectivity index (χ4n) is 3.89. The largest absolute Gasteiger partial charge is 0.466 e. The Morgan fingerprint density at radius 2 is 1.77 bits per heavy atom. The van der Waals surface area contributed by atoms with Crippen LogP contribution in [0.1, 0.15) is 52.2 Å². The Morgan fingerprint density at radius 3 is 2.40 bits per heavy atom. The van der Waals surface area contributed by atoms with Gasteiger partial charge in [0.05, 0.1) is 24.7 Å². The molecule has 0 spiro atoms. The molecule has 0 saturated heterocycles. The molecule has 0 aliphatic heterocycles. The Bertz CT molecular complexity index is 1090. The second kappa shape index (κ2) is 15.6. The standard InChI is InChI=1S/C28H41N5O7/c1-7-38-25(35)13-15-33(26(36)29-17-22-10-8-20(4)9-11-22)27(37)31-32-30-24-12-14-28(6,40-19(2)3)23(16-24)18-39-21(5)34/h8-12,14,16,19,23,30,32H,7,13,15,17-18H2,1-6H3,(H,29,36)(H,31,37). The van der Waals surface area contributed by atoms with Crippen LogP contribution in [0.5, 0.6) is 0 Å². The van der Waals surface area contributed by atoms with Gasteiger partial charge in [0.15, 0.2) is 0 Å². The van der Waals surface area contributed by atoms with Gasteiger partial charge in [0.25, 0.3) is 0 Å². The summed E-state index contributed by atoms with van der Waals surface area (Å²) in [5.41, 5.74) is 9.65. The van der Waals surface area contributed by atoms with Crippen LogP contribution < -0.4 is 21.7 Å². The molecule has 220 valence electrons. The van der Waals surface area contributed by atoms with E-state index in [4.69, 9.17) is 14.2 Å². The number of hydrogen-bond donors (Lipinski definition) is 4. The number of hydrazine groups is 2. The Labute approximate surface area is 235 Å². The maximum Gasteiger partial charge on any atom is 0.341 e. The van der Waals surface area contributed by atoms with E-state index in [1.165, 1.54) is 6.92 Å². The molecule has 2 atom stereocenters. The topological polar surface area (TPSA) is 147 Å². The SMILES string of the molecule is CCOC(=O)CCN(C(=O)NCc1ccc(C)cc1)C(=O)NNNC1=CC(COC(C)=O)C(C)(OC(C)C)C=C1. The number of carbonyl (C=O) groups is 4. The van der Waals surface area contributed by atoms with E-state index in [1.807, 2.05) is 64.1 Å². The maximum atomic E-state index is 12.9.